The number of hydrogen-bond donors (Lipinski definition) is 0. The van der Waals surface area contributed by atoms with Crippen molar-refractivity contribution in [2.45, 2.75) is 64.6 Å². The number of hydrogen-bond acceptors (Lipinski definition) is 3. The molecule has 0 aromatic rings. The van der Waals surface area contributed by atoms with E-state index in [1.807, 2.05) is 13.8 Å². The van der Waals surface area contributed by atoms with Crippen molar-refractivity contribution in [2.75, 3.05) is 7.11 Å². The van der Waals surface area contributed by atoms with Gasteiger partial charge in [-0.3, -0.25) is 4.79 Å². The van der Waals surface area contributed by atoms with Crippen molar-refractivity contribution < 1.29 is 14.3 Å². The Morgan fingerprint density at radius 3 is 2.44 bits per heavy atom. The molecule has 94 valence electrons. The van der Waals surface area contributed by atoms with Gasteiger partial charge in [-0.25, -0.2) is 0 Å². The van der Waals surface area contributed by atoms with Crippen molar-refractivity contribution in [3.05, 3.63) is 0 Å². The zero-order valence-electron chi connectivity index (χ0n) is 10.9. The molecule has 0 heterocycles. The fourth-order valence-electron chi connectivity index (χ4n) is 2.36. The fraction of sp³-hybridized carbons (Fsp3) is 0.923. The molecule has 1 unspecified atom stereocenters. The standard InChI is InChI=1S/C13H24O3/c1-5-8-13(15-4,11-6-7-11)9-12(14)16-10(2)3/h10-11H,5-9H2,1-4H3. The maximum atomic E-state index is 11.7. The summed E-state index contributed by atoms with van der Waals surface area (Å²) in [5.41, 5.74) is -0.263. The van der Waals surface area contributed by atoms with E-state index in [-0.39, 0.29) is 17.7 Å². The molecule has 1 aliphatic carbocycles. The van der Waals surface area contributed by atoms with Gasteiger partial charge in [-0.05, 0) is 39.0 Å². The van der Waals surface area contributed by atoms with Crippen LogP contribution in [-0.4, -0.2) is 24.8 Å². The molecule has 1 fully saturated rings. The minimum absolute atomic E-state index is 0.0390. The number of ether oxygens (including phenoxy) is 2. The Morgan fingerprint density at radius 1 is 1.44 bits per heavy atom. The van der Waals surface area contributed by atoms with E-state index in [0.29, 0.717) is 12.3 Å². The van der Waals surface area contributed by atoms with Crippen LogP contribution in [0.25, 0.3) is 0 Å². The van der Waals surface area contributed by atoms with Crippen molar-refractivity contribution in [1.82, 2.24) is 0 Å². The lowest BCUT2D eigenvalue weighted by molar-refractivity contribution is -0.156. The molecule has 0 saturated heterocycles. The lowest BCUT2D eigenvalue weighted by atomic mass is 9.88. The smallest absolute Gasteiger partial charge is 0.308 e. The Hall–Kier alpha value is -0.570. The number of methoxy groups -OCH3 is 1. The average molecular weight is 228 g/mol. The molecule has 0 amide bonds. The predicted molar refractivity (Wildman–Crippen MR) is 63.2 cm³/mol. The van der Waals surface area contributed by atoms with E-state index in [0.717, 1.165) is 12.8 Å². The third-order valence-electron chi connectivity index (χ3n) is 3.21. The Kier molecular flexibility index (Phi) is 4.78. The van der Waals surface area contributed by atoms with Gasteiger partial charge in [-0.15, -0.1) is 0 Å². The van der Waals surface area contributed by atoms with Gasteiger partial charge in [0.1, 0.15) is 0 Å². The summed E-state index contributed by atoms with van der Waals surface area (Å²) in [6.45, 7) is 5.89. The van der Waals surface area contributed by atoms with E-state index in [4.69, 9.17) is 9.47 Å². The normalized spacial score (nSPS) is 19.6. The maximum absolute atomic E-state index is 11.7. The second-order valence-corrected chi connectivity index (χ2v) is 5.01. The molecule has 1 aliphatic rings. The monoisotopic (exact) mass is 228 g/mol. The molecule has 1 atom stereocenters. The molecule has 0 N–H and O–H groups in total. The molecule has 0 spiro atoms. The molecule has 0 bridgehead atoms. The largest absolute Gasteiger partial charge is 0.463 e. The van der Waals surface area contributed by atoms with Crippen LogP contribution in [0.3, 0.4) is 0 Å². The third-order valence-corrected chi connectivity index (χ3v) is 3.21. The van der Waals surface area contributed by atoms with E-state index in [9.17, 15) is 4.79 Å². The molecule has 0 aromatic heterocycles. The van der Waals surface area contributed by atoms with Crippen LogP contribution in [0, 0.1) is 5.92 Å². The molecule has 0 aliphatic heterocycles. The summed E-state index contributed by atoms with van der Waals surface area (Å²) in [6.07, 6.45) is 4.72. The topological polar surface area (TPSA) is 35.5 Å². The highest BCUT2D eigenvalue weighted by molar-refractivity contribution is 5.71. The number of esters is 1. The minimum Gasteiger partial charge on any atom is -0.463 e. The summed E-state index contributed by atoms with van der Waals surface area (Å²) < 4.78 is 10.9. The van der Waals surface area contributed by atoms with Gasteiger partial charge in [-0.1, -0.05) is 13.3 Å². The van der Waals surface area contributed by atoms with Crippen LogP contribution in [0.2, 0.25) is 0 Å². The first-order valence-electron chi connectivity index (χ1n) is 6.28. The Bertz CT molecular complexity index is 233. The Balaban J connectivity index is 2.58. The van der Waals surface area contributed by atoms with Crippen molar-refractivity contribution in [3.8, 4) is 0 Å². The van der Waals surface area contributed by atoms with Crippen LogP contribution in [-0.2, 0) is 14.3 Å². The predicted octanol–water partition coefficient (Wildman–Crippen LogP) is 2.92. The summed E-state index contributed by atoms with van der Waals surface area (Å²) >= 11 is 0. The quantitative estimate of drug-likeness (QED) is 0.628. The van der Waals surface area contributed by atoms with Gasteiger partial charge in [0.2, 0.25) is 0 Å². The van der Waals surface area contributed by atoms with Gasteiger partial charge in [0.15, 0.2) is 0 Å². The van der Waals surface area contributed by atoms with E-state index in [1.54, 1.807) is 7.11 Å². The highest BCUT2D eigenvalue weighted by Gasteiger charge is 2.46. The number of carbonyl (C=O) groups is 1. The molecule has 3 heteroatoms. The second-order valence-electron chi connectivity index (χ2n) is 5.01. The van der Waals surface area contributed by atoms with Crippen molar-refractivity contribution in [2.24, 2.45) is 5.92 Å². The Labute approximate surface area is 98.5 Å². The lowest BCUT2D eigenvalue weighted by Crippen LogP contribution is -2.37. The van der Waals surface area contributed by atoms with Crippen LogP contribution in [0.4, 0.5) is 0 Å². The van der Waals surface area contributed by atoms with Crippen LogP contribution >= 0.6 is 0 Å². The van der Waals surface area contributed by atoms with Gasteiger partial charge < -0.3 is 9.47 Å². The van der Waals surface area contributed by atoms with Gasteiger partial charge in [0.25, 0.3) is 0 Å². The molecular weight excluding hydrogens is 204 g/mol. The molecule has 1 saturated carbocycles. The fourth-order valence-corrected chi connectivity index (χ4v) is 2.36. The van der Waals surface area contributed by atoms with Gasteiger partial charge >= 0.3 is 5.97 Å². The molecule has 3 nitrogen and oxygen atoms in total. The summed E-state index contributed by atoms with van der Waals surface area (Å²) in [4.78, 5) is 11.7. The summed E-state index contributed by atoms with van der Waals surface area (Å²) in [5.74, 6) is 0.425. The van der Waals surface area contributed by atoms with Crippen LogP contribution < -0.4 is 0 Å². The summed E-state index contributed by atoms with van der Waals surface area (Å²) in [5, 5.41) is 0. The van der Waals surface area contributed by atoms with Crippen LogP contribution in [0.5, 0.6) is 0 Å². The van der Waals surface area contributed by atoms with Crippen molar-refractivity contribution in [1.29, 1.82) is 0 Å². The zero-order chi connectivity index (χ0) is 12.2. The Morgan fingerprint density at radius 2 is 2.06 bits per heavy atom. The molecule has 16 heavy (non-hydrogen) atoms. The first-order valence-corrected chi connectivity index (χ1v) is 6.28. The highest BCUT2D eigenvalue weighted by Crippen LogP contribution is 2.46. The number of carbonyl (C=O) groups excluding carboxylic acids is 1. The van der Waals surface area contributed by atoms with E-state index in [2.05, 4.69) is 6.92 Å². The maximum Gasteiger partial charge on any atom is 0.308 e. The average Bonchev–Trinajstić information content (AvgIpc) is 2.98. The lowest BCUT2D eigenvalue weighted by Gasteiger charge is -2.31. The van der Waals surface area contributed by atoms with Gasteiger partial charge in [0.05, 0.1) is 18.1 Å². The first kappa shape index (κ1) is 13.5. The van der Waals surface area contributed by atoms with E-state index < -0.39 is 0 Å². The van der Waals surface area contributed by atoms with Crippen LogP contribution in [0.1, 0.15) is 52.9 Å². The minimum atomic E-state index is -0.263. The number of rotatable bonds is 7. The van der Waals surface area contributed by atoms with Crippen molar-refractivity contribution in [3.63, 3.8) is 0 Å². The molecular formula is C13H24O3. The summed E-state index contributed by atoms with van der Waals surface area (Å²) in [6, 6.07) is 0. The summed E-state index contributed by atoms with van der Waals surface area (Å²) in [7, 11) is 1.72. The van der Waals surface area contributed by atoms with Gasteiger partial charge in [-0.2, -0.15) is 0 Å². The van der Waals surface area contributed by atoms with Gasteiger partial charge in [0, 0.05) is 7.11 Å². The highest BCUT2D eigenvalue weighted by atomic mass is 16.5. The van der Waals surface area contributed by atoms with E-state index >= 15 is 0 Å². The SMILES string of the molecule is CCCC(CC(=O)OC(C)C)(OC)C1CC1. The second kappa shape index (κ2) is 5.67. The van der Waals surface area contributed by atoms with Crippen molar-refractivity contribution >= 4 is 5.97 Å². The van der Waals surface area contributed by atoms with Crippen LogP contribution in [0.15, 0.2) is 0 Å². The molecule has 1 rings (SSSR count). The van der Waals surface area contributed by atoms with E-state index in [1.165, 1.54) is 12.8 Å². The molecule has 0 aromatic carbocycles. The molecule has 0 radical (unpaired) electrons. The third kappa shape index (κ3) is 3.48. The zero-order valence-corrected chi connectivity index (χ0v) is 10.9. The first-order chi connectivity index (χ1) is 7.54.